The standard InChI is InChI=1S/C13H17NO7S/c1-6(2)12(16)14-5-9(15)20-10-7-4-8-11(19-7)13(10,3)21-22(8,17)18/h7-8,10-11H,1,4-5H2,2-3H3,(H,14,16). The van der Waals surface area contributed by atoms with Crippen molar-refractivity contribution in [3.8, 4) is 0 Å². The zero-order chi connectivity index (χ0) is 16.3. The van der Waals surface area contributed by atoms with E-state index in [2.05, 4.69) is 11.9 Å². The maximum Gasteiger partial charge on any atom is 0.325 e. The number of carbonyl (C=O) groups excluding carboxylic acids is 2. The van der Waals surface area contributed by atoms with E-state index in [-0.39, 0.29) is 18.5 Å². The molecule has 9 heteroatoms. The number of hydrogen-bond acceptors (Lipinski definition) is 7. The van der Waals surface area contributed by atoms with Crippen molar-refractivity contribution in [3.05, 3.63) is 12.2 Å². The molecule has 0 radical (unpaired) electrons. The van der Waals surface area contributed by atoms with Crippen LogP contribution in [0.1, 0.15) is 20.3 Å². The first-order valence-electron chi connectivity index (χ1n) is 6.88. The van der Waals surface area contributed by atoms with Gasteiger partial charge in [-0.25, -0.2) is 0 Å². The van der Waals surface area contributed by atoms with Gasteiger partial charge in [-0.15, -0.1) is 0 Å². The van der Waals surface area contributed by atoms with Crippen LogP contribution in [-0.2, 0) is 33.4 Å². The molecule has 1 N–H and O–H groups in total. The molecule has 0 aliphatic carbocycles. The first-order valence-corrected chi connectivity index (χ1v) is 8.35. The van der Waals surface area contributed by atoms with E-state index in [9.17, 15) is 18.0 Å². The second kappa shape index (κ2) is 4.77. The van der Waals surface area contributed by atoms with Crippen molar-refractivity contribution in [2.45, 2.75) is 49.4 Å². The molecule has 0 saturated carbocycles. The van der Waals surface area contributed by atoms with Gasteiger partial charge in [-0.1, -0.05) is 6.58 Å². The Labute approximate surface area is 127 Å². The molecule has 3 rings (SSSR count). The van der Waals surface area contributed by atoms with Crippen molar-refractivity contribution in [3.63, 3.8) is 0 Å². The molecule has 5 unspecified atom stereocenters. The van der Waals surface area contributed by atoms with Crippen LogP contribution >= 0.6 is 0 Å². The zero-order valence-corrected chi connectivity index (χ0v) is 13.0. The van der Waals surface area contributed by atoms with Crippen LogP contribution in [0.4, 0.5) is 0 Å². The Morgan fingerprint density at radius 2 is 2.14 bits per heavy atom. The highest BCUT2D eigenvalue weighted by Crippen LogP contribution is 2.54. The van der Waals surface area contributed by atoms with Gasteiger partial charge >= 0.3 is 5.97 Å². The molecule has 3 aliphatic rings. The second-order valence-corrected chi connectivity index (χ2v) is 7.76. The van der Waals surface area contributed by atoms with Gasteiger partial charge in [0, 0.05) is 5.57 Å². The van der Waals surface area contributed by atoms with Crippen LogP contribution in [-0.4, -0.2) is 56.0 Å². The molecular weight excluding hydrogens is 314 g/mol. The SMILES string of the molecule is C=C(C)C(=O)NCC(=O)OC1C2CC3C(O2)C1(C)OS3(=O)=O. The third kappa shape index (κ3) is 2.15. The number of hydrogen-bond donors (Lipinski definition) is 1. The van der Waals surface area contributed by atoms with Crippen molar-refractivity contribution >= 4 is 22.0 Å². The number of nitrogens with one attached hydrogen (secondary N) is 1. The summed E-state index contributed by atoms with van der Waals surface area (Å²) in [4.78, 5) is 23.2. The maximum absolute atomic E-state index is 11.9. The lowest BCUT2D eigenvalue weighted by atomic mass is 9.83. The molecule has 3 aliphatic heterocycles. The Morgan fingerprint density at radius 3 is 2.77 bits per heavy atom. The summed E-state index contributed by atoms with van der Waals surface area (Å²) in [5.74, 6) is -1.13. The average molecular weight is 331 g/mol. The lowest BCUT2D eigenvalue weighted by Gasteiger charge is -2.30. The fourth-order valence-corrected chi connectivity index (χ4v) is 5.15. The number of ether oxygens (including phenoxy) is 2. The molecule has 22 heavy (non-hydrogen) atoms. The van der Waals surface area contributed by atoms with E-state index in [4.69, 9.17) is 13.7 Å². The smallest absolute Gasteiger partial charge is 0.325 e. The van der Waals surface area contributed by atoms with Crippen LogP contribution in [0, 0.1) is 0 Å². The van der Waals surface area contributed by atoms with Gasteiger partial charge in [0.25, 0.3) is 10.1 Å². The van der Waals surface area contributed by atoms with E-state index in [1.165, 1.54) is 6.92 Å². The highest BCUT2D eigenvalue weighted by Gasteiger charge is 2.73. The first kappa shape index (κ1) is 15.4. The molecule has 122 valence electrons. The summed E-state index contributed by atoms with van der Waals surface area (Å²) in [7, 11) is -3.69. The third-order valence-corrected chi connectivity index (χ3v) is 6.07. The Hall–Kier alpha value is -1.45. The first-order chi connectivity index (χ1) is 10.1. The van der Waals surface area contributed by atoms with Crippen molar-refractivity contribution < 1.29 is 31.7 Å². The van der Waals surface area contributed by atoms with Crippen LogP contribution in [0.15, 0.2) is 12.2 Å². The normalized spacial score (nSPS) is 40.5. The van der Waals surface area contributed by atoms with E-state index in [1.54, 1.807) is 6.92 Å². The predicted molar refractivity (Wildman–Crippen MR) is 73.2 cm³/mol. The van der Waals surface area contributed by atoms with E-state index >= 15 is 0 Å². The number of amides is 1. The molecule has 3 fully saturated rings. The maximum atomic E-state index is 11.9. The molecule has 2 bridgehead atoms. The summed E-state index contributed by atoms with van der Waals surface area (Å²) in [5.41, 5.74) is -0.920. The van der Waals surface area contributed by atoms with Gasteiger partial charge in [-0.05, 0) is 20.3 Å². The molecule has 0 aromatic heterocycles. The lowest BCUT2D eigenvalue weighted by Crippen LogP contribution is -2.51. The number of esters is 1. The molecule has 0 aromatic rings. The molecular formula is C13H17NO7S. The summed E-state index contributed by atoms with van der Waals surface area (Å²) in [5, 5.41) is 1.67. The summed E-state index contributed by atoms with van der Waals surface area (Å²) in [6, 6.07) is 0. The largest absolute Gasteiger partial charge is 0.455 e. The molecule has 0 aromatic carbocycles. The second-order valence-electron chi connectivity index (χ2n) is 6.00. The van der Waals surface area contributed by atoms with Gasteiger partial charge in [0.2, 0.25) is 5.91 Å². The van der Waals surface area contributed by atoms with Crippen molar-refractivity contribution in [2.75, 3.05) is 6.54 Å². The van der Waals surface area contributed by atoms with E-state index in [0.717, 1.165) is 0 Å². The molecule has 5 atom stereocenters. The Balaban J connectivity index is 1.66. The monoisotopic (exact) mass is 331 g/mol. The molecule has 3 saturated heterocycles. The van der Waals surface area contributed by atoms with E-state index in [0.29, 0.717) is 0 Å². The predicted octanol–water partition coefficient (Wildman–Crippen LogP) is -0.751. The Kier molecular flexibility index (Phi) is 3.35. The minimum atomic E-state index is -3.69. The van der Waals surface area contributed by atoms with Gasteiger partial charge in [0.1, 0.15) is 17.9 Å². The van der Waals surface area contributed by atoms with Crippen molar-refractivity contribution in [1.29, 1.82) is 0 Å². The quantitative estimate of drug-likeness (QED) is 0.410. The summed E-state index contributed by atoms with van der Waals surface area (Å²) < 4.78 is 39.9. The molecule has 3 heterocycles. The Morgan fingerprint density at radius 1 is 1.45 bits per heavy atom. The third-order valence-electron chi connectivity index (χ3n) is 4.30. The fraction of sp³-hybridized carbons (Fsp3) is 0.692. The number of fused-ring (bicyclic) bond motifs is 1. The van der Waals surface area contributed by atoms with Crippen LogP contribution in [0.25, 0.3) is 0 Å². The number of rotatable bonds is 4. The van der Waals surface area contributed by atoms with Gasteiger partial charge in [-0.2, -0.15) is 8.42 Å². The zero-order valence-electron chi connectivity index (χ0n) is 12.2. The lowest BCUT2D eigenvalue weighted by molar-refractivity contribution is -0.159. The summed E-state index contributed by atoms with van der Waals surface area (Å²) in [6.07, 6.45) is -1.68. The minimum absolute atomic E-state index is 0.249. The summed E-state index contributed by atoms with van der Waals surface area (Å²) >= 11 is 0. The highest BCUT2D eigenvalue weighted by molar-refractivity contribution is 7.87. The molecule has 1 amide bonds. The number of carbonyl (C=O) groups is 2. The van der Waals surface area contributed by atoms with Crippen LogP contribution < -0.4 is 5.32 Å². The van der Waals surface area contributed by atoms with Crippen molar-refractivity contribution in [1.82, 2.24) is 5.32 Å². The van der Waals surface area contributed by atoms with Crippen molar-refractivity contribution in [2.24, 2.45) is 0 Å². The molecule has 0 spiro atoms. The fourth-order valence-electron chi connectivity index (χ4n) is 3.27. The van der Waals surface area contributed by atoms with Crippen LogP contribution in [0.5, 0.6) is 0 Å². The van der Waals surface area contributed by atoms with Crippen LogP contribution in [0.3, 0.4) is 0 Å². The molecule has 8 nitrogen and oxygen atoms in total. The highest BCUT2D eigenvalue weighted by atomic mass is 32.2. The Bertz CT molecular complexity index is 657. The van der Waals surface area contributed by atoms with Gasteiger partial charge in [0.15, 0.2) is 11.7 Å². The summed E-state index contributed by atoms with van der Waals surface area (Å²) in [6.45, 7) is 6.21. The van der Waals surface area contributed by atoms with Gasteiger partial charge in [0.05, 0.1) is 6.10 Å². The van der Waals surface area contributed by atoms with Gasteiger partial charge in [-0.3, -0.25) is 13.8 Å². The minimum Gasteiger partial charge on any atom is -0.455 e. The van der Waals surface area contributed by atoms with Gasteiger partial charge < -0.3 is 14.8 Å². The van der Waals surface area contributed by atoms with E-state index in [1.807, 2.05) is 0 Å². The average Bonchev–Trinajstić information content (AvgIpc) is 2.98. The van der Waals surface area contributed by atoms with E-state index < -0.39 is 51.2 Å². The van der Waals surface area contributed by atoms with Crippen LogP contribution in [0.2, 0.25) is 0 Å². The topological polar surface area (TPSA) is 108 Å².